The molecule has 0 amide bonds. The minimum absolute atomic E-state index is 0.308. The lowest BCUT2D eigenvalue weighted by Crippen LogP contribution is -2.17. The van der Waals surface area contributed by atoms with Crippen molar-refractivity contribution in [2.24, 2.45) is 0 Å². The van der Waals surface area contributed by atoms with E-state index in [2.05, 4.69) is 14.9 Å². The van der Waals surface area contributed by atoms with Crippen molar-refractivity contribution in [2.75, 3.05) is 7.11 Å². The van der Waals surface area contributed by atoms with Gasteiger partial charge in [0.2, 0.25) is 0 Å². The molecule has 0 bridgehead atoms. The van der Waals surface area contributed by atoms with E-state index in [9.17, 15) is 13.2 Å². The summed E-state index contributed by atoms with van der Waals surface area (Å²) in [7, 11) is 1.55. The van der Waals surface area contributed by atoms with Gasteiger partial charge in [-0.15, -0.1) is 13.2 Å². The molecule has 5 nitrogen and oxygen atoms in total. The van der Waals surface area contributed by atoms with E-state index in [4.69, 9.17) is 17.0 Å². The number of ether oxygens (including phenoxy) is 2. The van der Waals surface area contributed by atoms with Gasteiger partial charge in [0.15, 0.2) is 10.6 Å². The molecule has 0 atom stereocenters. The first kappa shape index (κ1) is 17.0. The van der Waals surface area contributed by atoms with Crippen LogP contribution < -0.4 is 9.47 Å². The molecule has 0 radical (unpaired) electrons. The molecule has 1 heterocycles. The highest BCUT2D eigenvalue weighted by atomic mass is 32.1. The van der Waals surface area contributed by atoms with Crippen LogP contribution in [0.2, 0.25) is 0 Å². The van der Waals surface area contributed by atoms with E-state index >= 15 is 0 Å². The zero-order valence-corrected chi connectivity index (χ0v) is 13.7. The van der Waals surface area contributed by atoms with Crippen LogP contribution in [0.25, 0.3) is 17.1 Å². The lowest BCUT2D eigenvalue weighted by Gasteiger charge is -2.11. The number of H-pyrrole nitrogens is 1. The molecule has 0 saturated carbocycles. The monoisotopic (exact) mass is 367 g/mol. The number of nitrogens with one attached hydrogen (secondary N) is 1. The molecule has 0 saturated heterocycles. The second-order valence-corrected chi connectivity index (χ2v) is 5.35. The Labute approximate surface area is 145 Å². The molecular formula is C16H12F3N3O2S. The van der Waals surface area contributed by atoms with Crippen LogP contribution in [-0.2, 0) is 0 Å². The van der Waals surface area contributed by atoms with E-state index in [0.29, 0.717) is 27.6 Å². The Morgan fingerprint density at radius 1 is 1.08 bits per heavy atom. The summed E-state index contributed by atoms with van der Waals surface area (Å²) in [6.45, 7) is 0. The Bertz CT molecular complexity index is 933. The van der Waals surface area contributed by atoms with Crippen LogP contribution in [0, 0.1) is 4.77 Å². The van der Waals surface area contributed by atoms with Crippen LogP contribution in [-0.4, -0.2) is 28.2 Å². The third-order valence-corrected chi connectivity index (χ3v) is 3.60. The number of rotatable bonds is 4. The van der Waals surface area contributed by atoms with Gasteiger partial charge in [-0.25, -0.2) is 0 Å². The van der Waals surface area contributed by atoms with Crippen LogP contribution in [0.3, 0.4) is 0 Å². The molecule has 3 rings (SSSR count). The maximum absolute atomic E-state index is 12.4. The minimum Gasteiger partial charge on any atom is -0.497 e. The Hall–Kier alpha value is -2.81. The fraction of sp³-hybridized carbons (Fsp3) is 0.125. The summed E-state index contributed by atoms with van der Waals surface area (Å²) in [6.07, 6.45) is -4.76. The highest BCUT2D eigenvalue weighted by molar-refractivity contribution is 7.71. The second-order valence-electron chi connectivity index (χ2n) is 4.96. The summed E-state index contributed by atoms with van der Waals surface area (Å²) in [5.41, 5.74) is 1.11. The molecule has 130 valence electrons. The van der Waals surface area contributed by atoms with Gasteiger partial charge in [-0.1, -0.05) is 12.1 Å². The normalized spacial score (nSPS) is 11.4. The van der Waals surface area contributed by atoms with E-state index in [1.807, 2.05) is 0 Å². The third-order valence-electron chi connectivity index (χ3n) is 3.33. The first-order valence-electron chi connectivity index (χ1n) is 7.05. The molecule has 1 aromatic heterocycles. The molecule has 0 fully saturated rings. The molecule has 9 heteroatoms. The highest BCUT2D eigenvalue weighted by Gasteiger charge is 2.31. The predicted molar refractivity (Wildman–Crippen MR) is 87.4 cm³/mol. The summed E-state index contributed by atoms with van der Waals surface area (Å²) in [6, 6.07) is 12.6. The van der Waals surface area contributed by atoms with Crippen LogP contribution in [0.1, 0.15) is 0 Å². The van der Waals surface area contributed by atoms with Crippen molar-refractivity contribution >= 4 is 12.2 Å². The SMILES string of the molecule is COc1ccc(-n2c(-c3cccc(OC(F)(F)F)c3)n[nH]c2=S)cc1. The second kappa shape index (κ2) is 6.60. The van der Waals surface area contributed by atoms with Gasteiger partial charge in [0.1, 0.15) is 11.5 Å². The van der Waals surface area contributed by atoms with Gasteiger partial charge in [-0.2, -0.15) is 5.10 Å². The van der Waals surface area contributed by atoms with Crippen molar-refractivity contribution < 1.29 is 22.6 Å². The van der Waals surface area contributed by atoms with Crippen molar-refractivity contribution in [1.82, 2.24) is 14.8 Å². The molecule has 1 N–H and O–H groups in total. The molecular weight excluding hydrogens is 355 g/mol. The molecule has 0 spiro atoms. The third kappa shape index (κ3) is 3.82. The summed E-state index contributed by atoms with van der Waals surface area (Å²) in [5, 5.41) is 6.77. The standard InChI is InChI=1S/C16H12F3N3O2S/c1-23-12-7-5-11(6-8-12)22-14(20-21-15(22)25)10-3-2-4-13(9-10)24-16(17,18)19/h2-9H,1H3,(H,21,25). The van der Waals surface area contributed by atoms with Crippen molar-refractivity contribution in [1.29, 1.82) is 0 Å². The summed E-state index contributed by atoms with van der Waals surface area (Å²) in [5.74, 6) is 0.698. The summed E-state index contributed by atoms with van der Waals surface area (Å²) in [4.78, 5) is 0. The highest BCUT2D eigenvalue weighted by Crippen LogP contribution is 2.28. The maximum atomic E-state index is 12.4. The van der Waals surface area contributed by atoms with Crippen LogP contribution in [0.15, 0.2) is 48.5 Å². The number of aromatic nitrogens is 3. The van der Waals surface area contributed by atoms with Gasteiger partial charge in [-0.3, -0.25) is 9.67 Å². The van der Waals surface area contributed by atoms with Gasteiger partial charge >= 0.3 is 6.36 Å². The van der Waals surface area contributed by atoms with E-state index in [0.717, 1.165) is 0 Å². The molecule has 0 aliphatic heterocycles. The maximum Gasteiger partial charge on any atom is 0.573 e. The molecule has 25 heavy (non-hydrogen) atoms. The fourth-order valence-corrected chi connectivity index (χ4v) is 2.53. The van der Waals surface area contributed by atoms with Crippen LogP contribution in [0.4, 0.5) is 13.2 Å². The first-order chi connectivity index (χ1) is 11.9. The van der Waals surface area contributed by atoms with Crippen molar-refractivity contribution in [2.45, 2.75) is 6.36 Å². The Morgan fingerprint density at radius 2 is 1.80 bits per heavy atom. The number of methoxy groups -OCH3 is 1. The van der Waals surface area contributed by atoms with E-state index in [1.54, 1.807) is 42.0 Å². The van der Waals surface area contributed by atoms with Gasteiger partial charge in [0.05, 0.1) is 12.8 Å². The van der Waals surface area contributed by atoms with E-state index in [1.165, 1.54) is 18.2 Å². The molecule has 3 aromatic rings. The number of nitrogens with zero attached hydrogens (tertiary/aromatic N) is 2. The van der Waals surface area contributed by atoms with Crippen molar-refractivity contribution in [3.63, 3.8) is 0 Å². The van der Waals surface area contributed by atoms with Crippen molar-refractivity contribution in [3.8, 4) is 28.6 Å². The first-order valence-corrected chi connectivity index (χ1v) is 7.46. The number of hydrogen-bond donors (Lipinski definition) is 1. The quantitative estimate of drug-likeness (QED) is 0.690. The van der Waals surface area contributed by atoms with Crippen LogP contribution >= 0.6 is 12.2 Å². The number of benzene rings is 2. The van der Waals surface area contributed by atoms with Gasteiger partial charge in [-0.05, 0) is 48.6 Å². The lowest BCUT2D eigenvalue weighted by molar-refractivity contribution is -0.274. The molecule has 2 aromatic carbocycles. The zero-order valence-electron chi connectivity index (χ0n) is 12.9. The van der Waals surface area contributed by atoms with E-state index in [-0.39, 0.29) is 5.75 Å². The topological polar surface area (TPSA) is 52.1 Å². The number of alkyl halides is 3. The minimum atomic E-state index is -4.76. The predicted octanol–water partition coefficient (Wildman–Crippen LogP) is 4.50. The average Bonchev–Trinajstić information content (AvgIpc) is 2.95. The van der Waals surface area contributed by atoms with E-state index < -0.39 is 6.36 Å². The summed E-state index contributed by atoms with van der Waals surface area (Å²) < 4.78 is 48.2. The Balaban J connectivity index is 2.04. The van der Waals surface area contributed by atoms with Crippen LogP contribution in [0.5, 0.6) is 11.5 Å². The number of halogens is 3. The molecule has 0 aliphatic carbocycles. The van der Waals surface area contributed by atoms with Gasteiger partial charge in [0, 0.05) is 5.56 Å². The van der Waals surface area contributed by atoms with Crippen molar-refractivity contribution in [3.05, 3.63) is 53.3 Å². The Morgan fingerprint density at radius 3 is 2.44 bits per heavy atom. The molecule has 0 aliphatic rings. The average molecular weight is 367 g/mol. The zero-order chi connectivity index (χ0) is 18.0. The summed E-state index contributed by atoms with van der Waals surface area (Å²) >= 11 is 5.24. The largest absolute Gasteiger partial charge is 0.573 e. The Kier molecular flexibility index (Phi) is 4.49. The number of hydrogen-bond acceptors (Lipinski definition) is 4. The lowest BCUT2D eigenvalue weighted by atomic mass is 10.2. The smallest absolute Gasteiger partial charge is 0.497 e. The van der Waals surface area contributed by atoms with Gasteiger partial charge in [0.25, 0.3) is 0 Å². The number of aromatic amines is 1. The van der Waals surface area contributed by atoms with Gasteiger partial charge < -0.3 is 9.47 Å². The fourth-order valence-electron chi connectivity index (χ4n) is 2.29. The molecule has 0 unspecified atom stereocenters.